The van der Waals surface area contributed by atoms with Crippen molar-refractivity contribution in [3.05, 3.63) is 52.5 Å². The number of carboxylic acid groups (broad SMARTS) is 1. The molecule has 1 aromatic carbocycles. The molecule has 0 unspecified atom stereocenters. The molecule has 7 nitrogen and oxygen atoms in total. The quantitative estimate of drug-likeness (QED) is 0.810. The molecule has 0 aliphatic rings. The second-order valence-electron chi connectivity index (χ2n) is 4.26. The molecule has 0 fully saturated rings. The first-order valence-corrected chi connectivity index (χ1v) is 6.49. The maximum atomic E-state index is 11.9. The second-order valence-corrected chi connectivity index (χ2v) is 4.26. The van der Waals surface area contributed by atoms with Crippen molar-refractivity contribution in [2.24, 2.45) is 0 Å². The van der Waals surface area contributed by atoms with Crippen LogP contribution in [0.15, 0.2) is 41.2 Å². The molecule has 1 heterocycles. The average Bonchev–Trinajstić information content (AvgIpc) is 2.47. The topological polar surface area (TPSA) is 102 Å². The number of ether oxygens (including phenoxy) is 1. The molecular formula is C15H14N2O5. The van der Waals surface area contributed by atoms with Crippen LogP contribution in [0.25, 0.3) is 11.8 Å². The van der Waals surface area contributed by atoms with Gasteiger partial charge in [0.25, 0.3) is 5.56 Å². The third-order valence-electron chi connectivity index (χ3n) is 2.72. The molecule has 0 aliphatic carbocycles. The lowest BCUT2D eigenvalue weighted by Gasteiger charge is -2.08. The van der Waals surface area contributed by atoms with Gasteiger partial charge in [-0.2, -0.15) is 9.78 Å². The highest BCUT2D eigenvalue weighted by Crippen LogP contribution is 2.16. The highest BCUT2D eigenvalue weighted by atomic mass is 16.5. The van der Waals surface area contributed by atoms with Crippen LogP contribution >= 0.6 is 0 Å². The van der Waals surface area contributed by atoms with Gasteiger partial charge in [0.15, 0.2) is 0 Å². The summed E-state index contributed by atoms with van der Waals surface area (Å²) in [5.41, 5.74) is -0.0801. The van der Waals surface area contributed by atoms with Gasteiger partial charge in [0, 0.05) is 12.1 Å². The Balaban J connectivity index is 2.44. The van der Waals surface area contributed by atoms with Crippen LogP contribution in [0.3, 0.4) is 0 Å². The van der Waals surface area contributed by atoms with Gasteiger partial charge in [-0.3, -0.25) is 4.79 Å². The van der Waals surface area contributed by atoms with Crippen LogP contribution in [0.5, 0.6) is 11.5 Å². The maximum Gasteiger partial charge on any atom is 0.328 e. The summed E-state index contributed by atoms with van der Waals surface area (Å²) >= 11 is 0. The van der Waals surface area contributed by atoms with Crippen molar-refractivity contribution in [1.29, 1.82) is 0 Å². The van der Waals surface area contributed by atoms with E-state index >= 15 is 0 Å². The maximum absolute atomic E-state index is 11.9. The Morgan fingerprint density at radius 3 is 2.64 bits per heavy atom. The van der Waals surface area contributed by atoms with Crippen molar-refractivity contribution in [1.82, 2.24) is 9.78 Å². The van der Waals surface area contributed by atoms with Crippen LogP contribution < -0.4 is 10.3 Å². The fourth-order valence-corrected chi connectivity index (χ4v) is 1.76. The molecule has 0 spiro atoms. The van der Waals surface area contributed by atoms with Crippen molar-refractivity contribution >= 4 is 12.0 Å². The van der Waals surface area contributed by atoms with Gasteiger partial charge < -0.3 is 14.9 Å². The Morgan fingerprint density at radius 1 is 1.36 bits per heavy atom. The van der Waals surface area contributed by atoms with Crippen LogP contribution in [-0.2, 0) is 4.79 Å². The fourth-order valence-electron chi connectivity index (χ4n) is 1.76. The number of hydrogen-bond donors (Lipinski definition) is 2. The zero-order valence-electron chi connectivity index (χ0n) is 11.8. The van der Waals surface area contributed by atoms with Crippen LogP contribution in [0.4, 0.5) is 0 Å². The zero-order chi connectivity index (χ0) is 16.1. The minimum absolute atomic E-state index is 0.0177. The number of aromatic nitrogens is 2. The van der Waals surface area contributed by atoms with Gasteiger partial charge in [-0.05, 0) is 37.3 Å². The molecule has 2 aromatic rings. The summed E-state index contributed by atoms with van der Waals surface area (Å²) < 4.78 is 6.38. The summed E-state index contributed by atoms with van der Waals surface area (Å²) in [7, 11) is 0. The first-order chi connectivity index (χ1) is 10.5. The molecule has 0 atom stereocenters. The van der Waals surface area contributed by atoms with Crippen molar-refractivity contribution in [2.75, 3.05) is 6.61 Å². The molecule has 7 heteroatoms. The van der Waals surface area contributed by atoms with Crippen molar-refractivity contribution in [2.45, 2.75) is 6.92 Å². The molecule has 22 heavy (non-hydrogen) atoms. The minimum Gasteiger partial charge on any atom is -0.505 e. The van der Waals surface area contributed by atoms with Crippen LogP contribution in [0.1, 0.15) is 12.6 Å². The van der Waals surface area contributed by atoms with Crippen LogP contribution in [-0.4, -0.2) is 32.6 Å². The molecule has 1 aromatic heterocycles. The zero-order valence-corrected chi connectivity index (χ0v) is 11.8. The highest BCUT2D eigenvalue weighted by Gasteiger charge is 2.08. The summed E-state index contributed by atoms with van der Waals surface area (Å²) in [6, 6.07) is 7.63. The lowest BCUT2D eigenvalue weighted by atomic mass is 10.3. The molecule has 2 rings (SSSR count). The Labute approximate surface area is 125 Å². The summed E-state index contributed by atoms with van der Waals surface area (Å²) in [6.45, 7) is 2.39. The first-order valence-electron chi connectivity index (χ1n) is 6.49. The van der Waals surface area contributed by atoms with Gasteiger partial charge in [-0.15, -0.1) is 0 Å². The SMILES string of the molecule is CCOc1ccc(-n2nc(/C=C/C(=O)O)c(O)cc2=O)cc1. The molecule has 0 amide bonds. The van der Waals surface area contributed by atoms with E-state index in [2.05, 4.69) is 5.10 Å². The number of rotatable bonds is 5. The lowest BCUT2D eigenvalue weighted by Crippen LogP contribution is -2.20. The summed E-state index contributed by atoms with van der Waals surface area (Å²) in [6.07, 6.45) is 1.94. The third kappa shape index (κ3) is 3.51. The van der Waals surface area contributed by atoms with Crippen molar-refractivity contribution in [3.63, 3.8) is 0 Å². The summed E-state index contributed by atoms with van der Waals surface area (Å²) in [5.74, 6) is -0.909. The summed E-state index contributed by atoms with van der Waals surface area (Å²) in [4.78, 5) is 22.4. The van der Waals surface area contributed by atoms with E-state index in [1.54, 1.807) is 24.3 Å². The van der Waals surface area contributed by atoms with Crippen molar-refractivity contribution < 1.29 is 19.7 Å². The average molecular weight is 302 g/mol. The van der Waals surface area contributed by atoms with Gasteiger partial charge >= 0.3 is 5.97 Å². The largest absolute Gasteiger partial charge is 0.505 e. The molecule has 0 saturated carbocycles. The number of aromatic hydroxyl groups is 1. The Kier molecular flexibility index (Phi) is 4.57. The van der Waals surface area contributed by atoms with Gasteiger partial charge in [-0.1, -0.05) is 0 Å². The molecular weight excluding hydrogens is 288 g/mol. The first kappa shape index (κ1) is 15.3. The Bertz CT molecular complexity index is 762. The number of nitrogens with zero attached hydrogens (tertiary/aromatic N) is 2. The van der Waals surface area contributed by atoms with Gasteiger partial charge in [0.1, 0.15) is 17.2 Å². The Hall–Kier alpha value is -3.09. The molecule has 0 saturated heterocycles. The predicted molar refractivity (Wildman–Crippen MR) is 79.3 cm³/mol. The van der Waals surface area contributed by atoms with E-state index in [9.17, 15) is 14.7 Å². The standard InChI is InChI=1S/C15H14N2O5/c1-2-22-11-5-3-10(4-6-11)17-14(19)9-13(18)12(16-17)7-8-15(20)21/h3-9,18H,2H2,1H3,(H,20,21)/b8-7+. The third-order valence-corrected chi connectivity index (χ3v) is 2.72. The second kappa shape index (κ2) is 6.57. The molecule has 2 N–H and O–H groups in total. The lowest BCUT2D eigenvalue weighted by molar-refractivity contribution is -0.131. The Morgan fingerprint density at radius 2 is 2.05 bits per heavy atom. The highest BCUT2D eigenvalue weighted by molar-refractivity contribution is 5.85. The number of carboxylic acids is 1. The van der Waals surface area contributed by atoms with E-state index < -0.39 is 11.5 Å². The molecule has 0 radical (unpaired) electrons. The van der Waals surface area contributed by atoms with Crippen LogP contribution in [0.2, 0.25) is 0 Å². The van der Waals surface area contributed by atoms with Crippen molar-refractivity contribution in [3.8, 4) is 17.2 Å². The summed E-state index contributed by atoms with van der Waals surface area (Å²) in [5, 5.41) is 22.2. The number of benzene rings is 1. The van der Waals surface area contributed by atoms with E-state index in [1.807, 2.05) is 6.92 Å². The predicted octanol–water partition coefficient (Wildman–Crippen LogP) is 1.43. The van der Waals surface area contributed by atoms with E-state index in [0.29, 0.717) is 18.0 Å². The van der Waals surface area contributed by atoms with E-state index in [1.165, 1.54) is 0 Å². The minimum atomic E-state index is -1.18. The van der Waals surface area contributed by atoms with E-state index in [4.69, 9.17) is 9.84 Å². The molecule has 114 valence electrons. The fraction of sp³-hybridized carbons (Fsp3) is 0.133. The monoisotopic (exact) mass is 302 g/mol. The van der Waals surface area contributed by atoms with Crippen LogP contribution in [0, 0.1) is 0 Å². The normalized spacial score (nSPS) is 10.8. The van der Waals surface area contributed by atoms with Gasteiger partial charge in [0.05, 0.1) is 12.3 Å². The van der Waals surface area contributed by atoms with E-state index in [-0.39, 0.29) is 11.4 Å². The van der Waals surface area contributed by atoms with E-state index in [0.717, 1.165) is 22.9 Å². The smallest absolute Gasteiger partial charge is 0.328 e. The number of carbonyl (C=O) groups is 1. The number of aliphatic carboxylic acids is 1. The molecule has 0 aliphatic heterocycles. The van der Waals surface area contributed by atoms with Gasteiger partial charge in [0.2, 0.25) is 0 Å². The molecule has 0 bridgehead atoms. The van der Waals surface area contributed by atoms with Gasteiger partial charge in [-0.25, -0.2) is 4.79 Å². The number of hydrogen-bond acceptors (Lipinski definition) is 5.